The summed E-state index contributed by atoms with van der Waals surface area (Å²) in [7, 11) is 0. The lowest BCUT2D eigenvalue weighted by Gasteiger charge is -2.24. The van der Waals surface area contributed by atoms with Crippen molar-refractivity contribution in [2.24, 2.45) is 0 Å². The molecule has 4 nitrogen and oxygen atoms in total. The topological polar surface area (TPSA) is 61.4 Å². The van der Waals surface area contributed by atoms with Gasteiger partial charge in [0.1, 0.15) is 5.60 Å². The van der Waals surface area contributed by atoms with Gasteiger partial charge in [-0.3, -0.25) is 0 Å². The lowest BCUT2D eigenvalue weighted by atomic mass is 9.96. The predicted molar refractivity (Wildman–Crippen MR) is 92.1 cm³/mol. The van der Waals surface area contributed by atoms with Gasteiger partial charge >= 0.3 is 6.03 Å². The second kappa shape index (κ2) is 6.40. The molecule has 3 N–H and O–H groups in total. The average Bonchev–Trinajstić information content (AvgIpc) is 2.88. The molecule has 0 radical (unpaired) electrons. The van der Waals surface area contributed by atoms with E-state index in [-0.39, 0.29) is 6.54 Å². The third-order valence-electron chi connectivity index (χ3n) is 4.05. The summed E-state index contributed by atoms with van der Waals surface area (Å²) < 4.78 is 0. The van der Waals surface area contributed by atoms with Crippen LogP contribution >= 0.6 is 23.2 Å². The van der Waals surface area contributed by atoms with Crippen molar-refractivity contribution in [3.63, 3.8) is 0 Å². The Kier molecular flexibility index (Phi) is 4.48. The summed E-state index contributed by atoms with van der Waals surface area (Å²) in [5, 5.41) is 16.9. The maximum absolute atomic E-state index is 12.0. The number of carbonyl (C=O) groups excluding carboxylic acids is 1. The number of amides is 2. The van der Waals surface area contributed by atoms with Crippen molar-refractivity contribution < 1.29 is 9.90 Å². The second-order valence-corrected chi connectivity index (χ2v) is 6.44. The number of benzene rings is 2. The van der Waals surface area contributed by atoms with Gasteiger partial charge in [0.15, 0.2) is 0 Å². The molecule has 6 heteroatoms. The quantitative estimate of drug-likeness (QED) is 0.784. The van der Waals surface area contributed by atoms with E-state index in [1.807, 2.05) is 24.3 Å². The van der Waals surface area contributed by atoms with Crippen molar-refractivity contribution >= 4 is 34.9 Å². The van der Waals surface area contributed by atoms with Gasteiger partial charge < -0.3 is 15.7 Å². The van der Waals surface area contributed by atoms with E-state index in [4.69, 9.17) is 23.2 Å². The molecule has 0 fully saturated rings. The summed E-state index contributed by atoms with van der Waals surface area (Å²) in [6.07, 6.45) is 1.40. The molecule has 2 aromatic rings. The van der Waals surface area contributed by atoms with Crippen LogP contribution in [0.2, 0.25) is 10.0 Å². The summed E-state index contributed by atoms with van der Waals surface area (Å²) in [5.74, 6) is 0. The molecule has 0 saturated carbocycles. The Bertz CT molecular complexity index is 751. The average molecular weight is 351 g/mol. The SMILES string of the molecule is O=C(NC[C@@]1(O)CCc2ccccc21)Nc1ccc(Cl)c(Cl)c1. The maximum atomic E-state index is 12.0. The van der Waals surface area contributed by atoms with Gasteiger partial charge in [-0.25, -0.2) is 4.79 Å². The molecule has 0 aliphatic heterocycles. The molecule has 2 amide bonds. The van der Waals surface area contributed by atoms with E-state index in [9.17, 15) is 9.90 Å². The molecule has 0 bridgehead atoms. The highest BCUT2D eigenvalue weighted by Gasteiger charge is 2.36. The number of carbonyl (C=O) groups is 1. The minimum absolute atomic E-state index is 0.150. The number of aliphatic hydroxyl groups is 1. The van der Waals surface area contributed by atoms with E-state index in [2.05, 4.69) is 10.6 Å². The van der Waals surface area contributed by atoms with E-state index in [1.54, 1.807) is 18.2 Å². The lowest BCUT2D eigenvalue weighted by Crippen LogP contribution is -2.41. The van der Waals surface area contributed by atoms with Gasteiger partial charge in [0.05, 0.1) is 16.6 Å². The number of aryl methyl sites for hydroxylation is 1. The van der Waals surface area contributed by atoms with Crippen LogP contribution in [-0.4, -0.2) is 17.7 Å². The van der Waals surface area contributed by atoms with Crippen molar-refractivity contribution in [3.05, 3.63) is 63.6 Å². The summed E-state index contributed by atoms with van der Waals surface area (Å²) in [4.78, 5) is 12.0. The molecule has 0 unspecified atom stereocenters. The number of fused-ring (bicyclic) bond motifs is 1. The van der Waals surface area contributed by atoms with Gasteiger partial charge in [-0.15, -0.1) is 0 Å². The van der Waals surface area contributed by atoms with Crippen molar-refractivity contribution in [3.8, 4) is 0 Å². The molecule has 1 aliphatic rings. The predicted octanol–water partition coefficient (Wildman–Crippen LogP) is 3.95. The standard InChI is InChI=1S/C17H16Cl2N2O2/c18-14-6-5-12(9-15(14)19)21-16(22)20-10-17(23)8-7-11-3-1-2-4-13(11)17/h1-6,9,23H,7-8,10H2,(H2,20,21,22)/t17-/m0/s1. The first-order valence-corrected chi connectivity index (χ1v) is 8.04. The third kappa shape index (κ3) is 3.44. The van der Waals surface area contributed by atoms with Crippen molar-refractivity contribution in [1.29, 1.82) is 0 Å². The highest BCUT2D eigenvalue weighted by Crippen LogP contribution is 2.36. The van der Waals surface area contributed by atoms with Gasteiger partial charge in [-0.2, -0.15) is 0 Å². The number of hydrogen-bond acceptors (Lipinski definition) is 2. The maximum Gasteiger partial charge on any atom is 0.319 e. The lowest BCUT2D eigenvalue weighted by molar-refractivity contribution is 0.0417. The van der Waals surface area contributed by atoms with Crippen molar-refractivity contribution in [2.45, 2.75) is 18.4 Å². The molecule has 0 heterocycles. The van der Waals surface area contributed by atoms with Crippen LogP contribution in [0.4, 0.5) is 10.5 Å². The molecule has 2 aromatic carbocycles. The van der Waals surface area contributed by atoms with E-state index >= 15 is 0 Å². The molecular weight excluding hydrogens is 335 g/mol. The Morgan fingerprint density at radius 3 is 2.74 bits per heavy atom. The first-order chi connectivity index (χ1) is 11.0. The molecule has 3 rings (SSSR count). The molecule has 23 heavy (non-hydrogen) atoms. The molecule has 120 valence electrons. The molecule has 0 aromatic heterocycles. The van der Waals surface area contributed by atoms with E-state index in [0.29, 0.717) is 22.2 Å². The van der Waals surface area contributed by atoms with Crippen LogP contribution < -0.4 is 10.6 Å². The van der Waals surface area contributed by atoms with Crippen LogP contribution in [0, 0.1) is 0 Å². The van der Waals surface area contributed by atoms with E-state index in [1.165, 1.54) is 0 Å². The Balaban J connectivity index is 1.62. The molecule has 0 saturated heterocycles. The fourth-order valence-corrected chi connectivity index (χ4v) is 3.13. The molecule has 0 spiro atoms. The number of nitrogens with one attached hydrogen (secondary N) is 2. The minimum atomic E-state index is -1.02. The summed E-state index contributed by atoms with van der Waals surface area (Å²) in [6, 6.07) is 12.2. The Hall–Kier alpha value is -1.75. The van der Waals surface area contributed by atoms with Gasteiger partial charge in [0.25, 0.3) is 0 Å². The zero-order valence-electron chi connectivity index (χ0n) is 12.3. The van der Waals surface area contributed by atoms with Gasteiger partial charge in [-0.05, 0) is 42.2 Å². The highest BCUT2D eigenvalue weighted by molar-refractivity contribution is 6.42. The minimum Gasteiger partial charge on any atom is -0.383 e. The van der Waals surface area contributed by atoms with Gasteiger partial charge in [-0.1, -0.05) is 47.5 Å². The van der Waals surface area contributed by atoms with Crippen molar-refractivity contribution in [1.82, 2.24) is 5.32 Å². The summed E-state index contributed by atoms with van der Waals surface area (Å²) in [5.41, 5.74) is 1.53. The Labute approximate surface area is 144 Å². The van der Waals surface area contributed by atoms with Crippen LogP contribution in [0.5, 0.6) is 0 Å². The largest absolute Gasteiger partial charge is 0.383 e. The van der Waals surface area contributed by atoms with Crippen LogP contribution in [0.25, 0.3) is 0 Å². The molecular formula is C17H16Cl2N2O2. The fourth-order valence-electron chi connectivity index (χ4n) is 2.83. The smallest absolute Gasteiger partial charge is 0.319 e. The first kappa shape index (κ1) is 16.1. The Morgan fingerprint density at radius 2 is 1.96 bits per heavy atom. The normalized spacial score (nSPS) is 19.3. The zero-order chi connectivity index (χ0) is 16.4. The fraction of sp³-hybridized carbons (Fsp3) is 0.235. The number of hydrogen-bond donors (Lipinski definition) is 3. The third-order valence-corrected chi connectivity index (χ3v) is 4.78. The van der Waals surface area contributed by atoms with E-state index in [0.717, 1.165) is 17.5 Å². The molecule has 1 atom stereocenters. The van der Waals surface area contributed by atoms with Gasteiger partial charge in [0.2, 0.25) is 0 Å². The van der Waals surface area contributed by atoms with Crippen LogP contribution in [0.1, 0.15) is 17.5 Å². The van der Waals surface area contributed by atoms with Crippen LogP contribution in [0.3, 0.4) is 0 Å². The number of urea groups is 1. The van der Waals surface area contributed by atoms with Gasteiger partial charge in [0, 0.05) is 5.69 Å². The second-order valence-electron chi connectivity index (χ2n) is 5.63. The number of halogens is 2. The van der Waals surface area contributed by atoms with Crippen LogP contribution in [0.15, 0.2) is 42.5 Å². The first-order valence-electron chi connectivity index (χ1n) is 7.29. The summed E-state index contributed by atoms with van der Waals surface area (Å²) >= 11 is 11.7. The van der Waals surface area contributed by atoms with Crippen molar-refractivity contribution in [2.75, 3.05) is 11.9 Å². The highest BCUT2D eigenvalue weighted by atomic mass is 35.5. The zero-order valence-corrected chi connectivity index (χ0v) is 13.8. The Morgan fingerprint density at radius 1 is 1.17 bits per heavy atom. The number of anilines is 1. The molecule has 1 aliphatic carbocycles. The van der Waals surface area contributed by atoms with Crippen LogP contribution in [-0.2, 0) is 12.0 Å². The van der Waals surface area contributed by atoms with E-state index < -0.39 is 11.6 Å². The number of rotatable bonds is 3. The monoisotopic (exact) mass is 350 g/mol. The summed E-state index contributed by atoms with van der Waals surface area (Å²) in [6.45, 7) is 0.150.